The zero-order valence-corrected chi connectivity index (χ0v) is 21.2. The van der Waals surface area contributed by atoms with Gasteiger partial charge in [0.25, 0.3) is 8.32 Å². The maximum absolute atomic E-state index is 13.5. The Bertz CT molecular complexity index is 850. The van der Waals surface area contributed by atoms with Gasteiger partial charge in [-0.1, -0.05) is 81.4 Å². The van der Waals surface area contributed by atoms with E-state index in [9.17, 15) is 9.90 Å². The summed E-state index contributed by atoms with van der Waals surface area (Å²) >= 11 is 0. The number of esters is 1. The van der Waals surface area contributed by atoms with Crippen LogP contribution in [0.2, 0.25) is 5.04 Å². The van der Waals surface area contributed by atoms with Crippen molar-refractivity contribution in [2.45, 2.75) is 70.9 Å². The molecule has 0 saturated carbocycles. The zero-order valence-electron chi connectivity index (χ0n) is 20.2. The molecule has 2 unspecified atom stereocenters. The first-order valence-electron chi connectivity index (χ1n) is 11.4. The van der Waals surface area contributed by atoms with Gasteiger partial charge in [-0.3, -0.25) is 4.90 Å². The Balaban J connectivity index is 2.16. The van der Waals surface area contributed by atoms with Gasteiger partial charge in [-0.05, 0) is 42.6 Å². The third-order valence-corrected chi connectivity index (χ3v) is 10.8. The topological polar surface area (TPSA) is 59.0 Å². The Kier molecular flexibility index (Phi) is 7.30. The lowest BCUT2D eigenvalue weighted by Gasteiger charge is -2.46. The van der Waals surface area contributed by atoms with E-state index in [2.05, 4.69) is 45.0 Å². The van der Waals surface area contributed by atoms with Crippen LogP contribution in [0.4, 0.5) is 0 Å². The molecule has 2 aromatic carbocycles. The van der Waals surface area contributed by atoms with Crippen LogP contribution < -0.4 is 10.4 Å². The average molecular weight is 456 g/mol. The number of rotatable bonds is 6. The quantitative estimate of drug-likeness (QED) is 0.535. The van der Waals surface area contributed by atoms with Crippen molar-refractivity contribution in [3.05, 3.63) is 60.7 Å². The summed E-state index contributed by atoms with van der Waals surface area (Å²) in [5.74, 6) is -0.403. The van der Waals surface area contributed by atoms with E-state index in [4.69, 9.17) is 9.16 Å². The van der Waals surface area contributed by atoms with Gasteiger partial charge in [0.2, 0.25) is 6.23 Å². The predicted molar refractivity (Wildman–Crippen MR) is 131 cm³/mol. The number of aliphatic hydroxyl groups is 1. The molecule has 174 valence electrons. The van der Waals surface area contributed by atoms with Gasteiger partial charge in [0.05, 0.1) is 6.10 Å². The van der Waals surface area contributed by atoms with Crippen molar-refractivity contribution < 1.29 is 19.1 Å². The van der Waals surface area contributed by atoms with Gasteiger partial charge in [-0.2, -0.15) is 0 Å². The van der Waals surface area contributed by atoms with Crippen LogP contribution in [0.1, 0.15) is 48.0 Å². The predicted octanol–water partition coefficient (Wildman–Crippen LogP) is 3.30. The molecule has 6 heteroatoms. The van der Waals surface area contributed by atoms with Crippen LogP contribution in [-0.2, 0) is 14.0 Å². The first-order chi connectivity index (χ1) is 14.9. The molecule has 1 fully saturated rings. The number of benzene rings is 2. The molecule has 1 heterocycles. The molecule has 2 aromatic rings. The minimum absolute atomic E-state index is 0.270. The Morgan fingerprint density at radius 1 is 0.969 bits per heavy atom. The smallest absolute Gasteiger partial charge is 0.350 e. The second-order valence-electron chi connectivity index (χ2n) is 10.6. The number of hydrogen-bond donors (Lipinski definition) is 1. The molecular formula is C26H37NO4Si. The molecule has 0 bridgehead atoms. The highest BCUT2D eigenvalue weighted by molar-refractivity contribution is 6.99. The lowest BCUT2D eigenvalue weighted by atomic mass is 10.2. The number of β-amino-alcohol motifs (C(OH)–C–C–N with tert-alkyl or cyclic N) is 1. The highest BCUT2D eigenvalue weighted by atomic mass is 28.4. The molecule has 0 spiro atoms. The summed E-state index contributed by atoms with van der Waals surface area (Å²) in [7, 11) is -2.96. The fourth-order valence-corrected chi connectivity index (χ4v) is 9.06. The molecule has 1 aliphatic heterocycles. The summed E-state index contributed by atoms with van der Waals surface area (Å²) in [4.78, 5) is 15.4. The Morgan fingerprint density at radius 2 is 1.47 bits per heavy atom. The van der Waals surface area contributed by atoms with Gasteiger partial charge in [0.15, 0.2) is 0 Å². The van der Waals surface area contributed by atoms with Crippen molar-refractivity contribution in [2.75, 3.05) is 13.1 Å². The van der Waals surface area contributed by atoms with Crippen LogP contribution in [0.5, 0.6) is 0 Å². The van der Waals surface area contributed by atoms with Gasteiger partial charge in [0, 0.05) is 13.1 Å². The number of carbonyl (C=O) groups is 1. The van der Waals surface area contributed by atoms with Gasteiger partial charge in [0.1, 0.15) is 5.60 Å². The largest absolute Gasteiger partial charge is 0.457 e. The van der Waals surface area contributed by atoms with Crippen molar-refractivity contribution in [1.29, 1.82) is 0 Å². The molecule has 2 atom stereocenters. The standard InChI is InChI=1S/C26H37NO4Si/c1-25(2,3)30-24(29)23(27-18-17-20(28)19-27)31-32(26(4,5)6,21-13-9-7-10-14-21)22-15-11-8-12-16-22/h7-16,20,23,28H,17-19H2,1-6H3. The Hall–Kier alpha value is -1.99. The number of aliphatic hydroxyl groups excluding tert-OH is 1. The van der Waals surface area contributed by atoms with E-state index in [0.29, 0.717) is 19.5 Å². The minimum Gasteiger partial charge on any atom is -0.457 e. The number of hydrogen-bond acceptors (Lipinski definition) is 5. The van der Waals surface area contributed by atoms with Crippen molar-refractivity contribution in [3.63, 3.8) is 0 Å². The molecule has 0 radical (unpaired) electrons. The molecule has 3 rings (SSSR count). The fraction of sp³-hybridized carbons (Fsp3) is 0.500. The van der Waals surface area contributed by atoms with Crippen LogP contribution in [0.3, 0.4) is 0 Å². The summed E-state index contributed by atoms with van der Waals surface area (Å²) in [6.45, 7) is 13.1. The Morgan fingerprint density at radius 3 is 1.84 bits per heavy atom. The van der Waals surface area contributed by atoms with E-state index in [0.717, 1.165) is 10.4 Å². The molecule has 0 amide bonds. The molecule has 1 saturated heterocycles. The van der Waals surface area contributed by atoms with E-state index in [1.807, 2.05) is 62.1 Å². The first-order valence-corrected chi connectivity index (χ1v) is 13.3. The van der Waals surface area contributed by atoms with Gasteiger partial charge >= 0.3 is 5.97 Å². The summed E-state index contributed by atoms with van der Waals surface area (Å²) in [6, 6.07) is 20.5. The Labute approximate surface area is 193 Å². The maximum Gasteiger partial charge on any atom is 0.350 e. The number of nitrogens with zero attached hydrogens (tertiary/aromatic N) is 1. The number of likely N-dealkylation sites (tertiary alicyclic amines) is 1. The van der Waals surface area contributed by atoms with Crippen molar-refractivity contribution in [2.24, 2.45) is 0 Å². The maximum atomic E-state index is 13.5. The van der Waals surface area contributed by atoms with Crippen molar-refractivity contribution in [1.82, 2.24) is 4.90 Å². The highest BCUT2D eigenvalue weighted by Gasteiger charge is 2.54. The molecule has 32 heavy (non-hydrogen) atoms. The van der Waals surface area contributed by atoms with Crippen molar-refractivity contribution in [3.8, 4) is 0 Å². The van der Waals surface area contributed by atoms with E-state index < -0.39 is 32.2 Å². The second-order valence-corrected chi connectivity index (χ2v) is 14.9. The van der Waals surface area contributed by atoms with Gasteiger partial charge in [-0.15, -0.1) is 0 Å². The lowest BCUT2D eigenvalue weighted by Crippen LogP contribution is -2.69. The zero-order chi connectivity index (χ0) is 23.6. The van der Waals surface area contributed by atoms with Crippen LogP contribution >= 0.6 is 0 Å². The molecular weight excluding hydrogens is 418 g/mol. The molecule has 1 aliphatic rings. The van der Waals surface area contributed by atoms with Crippen molar-refractivity contribution >= 4 is 24.7 Å². The van der Waals surface area contributed by atoms with E-state index in [-0.39, 0.29) is 5.04 Å². The molecule has 0 aromatic heterocycles. The lowest BCUT2D eigenvalue weighted by molar-refractivity contribution is -0.173. The molecule has 0 aliphatic carbocycles. The van der Waals surface area contributed by atoms with Crippen LogP contribution in [0.25, 0.3) is 0 Å². The molecule has 5 nitrogen and oxygen atoms in total. The average Bonchev–Trinajstić information content (AvgIpc) is 3.14. The van der Waals surface area contributed by atoms with Crippen LogP contribution in [0.15, 0.2) is 60.7 Å². The highest BCUT2D eigenvalue weighted by Crippen LogP contribution is 2.38. The van der Waals surface area contributed by atoms with Crippen LogP contribution in [0, 0.1) is 0 Å². The third kappa shape index (κ3) is 5.31. The van der Waals surface area contributed by atoms with Crippen LogP contribution in [-0.4, -0.2) is 55.3 Å². The number of carbonyl (C=O) groups excluding carboxylic acids is 1. The van der Waals surface area contributed by atoms with Gasteiger partial charge in [-0.25, -0.2) is 4.79 Å². The van der Waals surface area contributed by atoms with E-state index in [1.165, 1.54) is 0 Å². The third-order valence-electron chi connectivity index (χ3n) is 5.84. The second kappa shape index (κ2) is 9.47. The fourth-order valence-electron chi connectivity index (χ4n) is 4.46. The molecule has 1 N–H and O–H groups in total. The SMILES string of the molecule is CC(C)(C)OC(=O)C(O[Si](c1ccccc1)(c1ccccc1)C(C)(C)C)N1CCC(O)C1. The summed E-state index contributed by atoms with van der Waals surface area (Å²) in [6.07, 6.45) is -0.746. The first kappa shape index (κ1) is 24.6. The van der Waals surface area contributed by atoms with Gasteiger partial charge < -0.3 is 14.3 Å². The minimum atomic E-state index is -2.96. The summed E-state index contributed by atoms with van der Waals surface area (Å²) < 4.78 is 12.9. The normalized spacial score (nSPS) is 19.0. The van der Waals surface area contributed by atoms with E-state index in [1.54, 1.807) is 0 Å². The summed E-state index contributed by atoms with van der Waals surface area (Å²) in [5, 5.41) is 12.2. The van der Waals surface area contributed by atoms with E-state index >= 15 is 0 Å². The number of ether oxygens (including phenoxy) is 1. The summed E-state index contributed by atoms with van der Waals surface area (Å²) in [5.41, 5.74) is -0.636. The monoisotopic (exact) mass is 455 g/mol.